The molecule has 3 rings (SSSR count). The van der Waals surface area contributed by atoms with Crippen molar-refractivity contribution in [3.8, 4) is 0 Å². The van der Waals surface area contributed by atoms with Crippen molar-refractivity contribution < 1.29 is 14.7 Å². The van der Waals surface area contributed by atoms with E-state index in [1.54, 1.807) is 24.1 Å². The molecule has 1 aromatic rings. The van der Waals surface area contributed by atoms with Gasteiger partial charge in [0.15, 0.2) is 0 Å². The van der Waals surface area contributed by atoms with E-state index in [1.807, 2.05) is 0 Å². The van der Waals surface area contributed by atoms with E-state index in [0.717, 1.165) is 18.4 Å². The normalized spacial score (nSPS) is 27.5. The van der Waals surface area contributed by atoms with Crippen LogP contribution in [0.25, 0.3) is 0 Å². The minimum absolute atomic E-state index is 0.0422. The molecule has 2 fully saturated rings. The Bertz CT molecular complexity index is 686. The average molecular weight is 319 g/mol. The smallest absolute Gasteiger partial charge is 0.317 e. The van der Waals surface area contributed by atoms with Crippen molar-refractivity contribution in [2.45, 2.75) is 32.2 Å². The number of urea groups is 1. The first kappa shape index (κ1) is 15.6. The fourth-order valence-corrected chi connectivity index (χ4v) is 3.88. The second-order valence-corrected chi connectivity index (χ2v) is 6.59. The number of hydrogen-bond donors (Lipinski definition) is 3. The molecule has 1 aliphatic heterocycles. The number of pyridine rings is 1. The topological polar surface area (TPSA) is 102 Å². The van der Waals surface area contributed by atoms with Crippen LogP contribution in [0.15, 0.2) is 23.1 Å². The first-order valence-electron chi connectivity index (χ1n) is 7.90. The van der Waals surface area contributed by atoms with Gasteiger partial charge in [-0.25, -0.2) is 4.79 Å². The van der Waals surface area contributed by atoms with Gasteiger partial charge in [-0.15, -0.1) is 0 Å². The molecule has 1 saturated heterocycles. The first-order chi connectivity index (χ1) is 10.9. The van der Waals surface area contributed by atoms with Crippen molar-refractivity contribution in [3.05, 3.63) is 34.2 Å². The number of fused-ring (bicyclic) bond motifs is 1. The van der Waals surface area contributed by atoms with Crippen LogP contribution in [0.4, 0.5) is 4.79 Å². The number of aromatic amines is 1. The van der Waals surface area contributed by atoms with Crippen LogP contribution < -0.4 is 10.9 Å². The Morgan fingerprint density at radius 2 is 2.30 bits per heavy atom. The summed E-state index contributed by atoms with van der Waals surface area (Å²) < 4.78 is 0. The highest BCUT2D eigenvalue weighted by molar-refractivity contribution is 5.80. The Hall–Kier alpha value is -2.31. The van der Waals surface area contributed by atoms with Gasteiger partial charge in [-0.3, -0.25) is 9.59 Å². The monoisotopic (exact) mass is 319 g/mol. The molecule has 7 nitrogen and oxygen atoms in total. The van der Waals surface area contributed by atoms with Gasteiger partial charge in [0.2, 0.25) is 5.56 Å². The summed E-state index contributed by atoms with van der Waals surface area (Å²) in [4.78, 5) is 39.6. The minimum atomic E-state index is -0.794. The number of carboxylic acids is 1. The summed E-state index contributed by atoms with van der Waals surface area (Å²) >= 11 is 0. The minimum Gasteiger partial charge on any atom is -0.481 e. The van der Waals surface area contributed by atoms with Gasteiger partial charge in [-0.2, -0.15) is 0 Å². The summed E-state index contributed by atoms with van der Waals surface area (Å²) in [6, 6.07) is 2.60. The molecule has 1 unspecified atom stereocenters. The summed E-state index contributed by atoms with van der Waals surface area (Å²) in [5.41, 5.74) is -0.275. The van der Waals surface area contributed by atoms with Crippen molar-refractivity contribution in [1.82, 2.24) is 15.2 Å². The van der Waals surface area contributed by atoms with Crippen LogP contribution >= 0.6 is 0 Å². The number of nitrogens with one attached hydrogen (secondary N) is 2. The fraction of sp³-hybridized carbons (Fsp3) is 0.562. The molecular weight excluding hydrogens is 298 g/mol. The Kier molecular flexibility index (Phi) is 3.87. The third-order valence-electron chi connectivity index (χ3n) is 5.22. The van der Waals surface area contributed by atoms with Crippen LogP contribution in [0.3, 0.4) is 0 Å². The van der Waals surface area contributed by atoms with Crippen molar-refractivity contribution in [2.24, 2.45) is 11.3 Å². The van der Waals surface area contributed by atoms with Crippen LogP contribution in [0, 0.1) is 11.3 Å². The second-order valence-electron chi connectivity index (χ2n) is 6.59. The SMILES string of the molecule is CC(NC(=O)N1C[C@@H]2CCC[C@@]2(C(=O)O)C1)c1cc[nH]c(=O)c1. The third-order valence-corrected chi connectivity index (χ3v) is 5.22. The third kappa shape index (κ3) is 2.71. The molecule has 0 spiro atoms. The van der Waals surface area contributed by atoms with E-state index in [1.165, 1.54) is 6.07 Å². The predicted octanol–water partition coefficient (Wildman–Crippen LogP) is 1.33. The zero-order valence-corrected chi connectivity index (χ0v) is 13.0. The quantitative estimate of drug-likeness (QED) is 0.782. The number of carboxylic acid groups (broad SMARTS) is 1. The molecule has 7 heteroatoms. The van der Waals surface area contributed by atoms with Crippen LogP contribution in [-0.4, -0.2) is 40.1 Å². The van der Waals surface area contributed by atoms with Gasteiger partial charge in [0, 0.05) is 25.4 Å². The van der Waals surface area contributed by atoms with E-state index in [0.29, 0.717) is 13.0 Å². The zero-order valence-electron chi connectivity index (χ0n) is 13.0. The molecule has 3 atom stereocenters. The Morgan fingerprint density at radius 1 is 1.52 bits per heavy atom. The number of aliphatic carboxylic acids is 1. The van der Waals surface area contributed by atoms with E-state index in [-0.39, 0.29) is 30.1 Å². The fourth-order valence-electron chi connectivity index (χ4n) is 3.88. The van der Waals surface area contributed by atoms with Crippen LogP contribution in [0.5, 0.6) is 0 Å². The number of carbonyl (C=O) groups is 2. The standard InChI is InChI=1S/C16H21N3O4/c1-10(11-4-6-17-13(20)7-11)18-15(23)19-8-12-3-2-5-16(12,9-19)14(21)22/h4,6-7,10,12H,2-3,5,8-9H2,1H3,(H,17,20)(H,18,23)(H,21,22)/t10?,12-,16+/m0/s1. The average Bonchev–Trinajstić information content (AvgIpc) is 3.05. The Morgan fingerprint density at radius 3 is 2.96 bits per heavy atom. The number of aromatic nitrogens is 1. The molecule has 2 amide bonds. The van der Waals surface area contributed by atoms with Crippen molar-refractivity contribution >= 4 is 12.0 Å². The Balaban J connectivity index is 1.68. The summed E-state index contributed by atoms with van der Waals surface area (Å²) in [6.07, 6.45) is 3.95. The molecule has 2 heterocycles. The molecule has 0 aromatic carbocycles. The van der Waals surface area contributed by atoms with E-state index in [2.05, 4.69) is 10.3 Å². The molecule has 1 saturated carbocycles. The van der Waals surface area contributed by atoms with E-state index in [9.17, 15) is 19.5 Å². The van der Waals surface area contributed by atoms with E-state index < -0.39 is 11.4 Å². The number of carbonyl (C=O) groups excluding carboxylic acids is 1. The Labute approximate surface area is 133 Å². The van der Waals surface area contributed by atoms with Gasteiger partial charge in [0.05, 0.1) is 11.5 Å². The van der Waals surface area contributed by atoms with E-state index >= 15 is 0 Å². The maximum absolute atomic E-state index is 12.4. The van der Waals surface area contributed by atoms with Crippen molar-refractivity contribution in [3.63, 3.8) is 0 Å². The van der Waals surface area contributed by atoms with Gasteiger partial charge >= 0.3 is 12.0 Å². The lowest BCUT2D eigenvalue weighted by Crippen LogP contribution is -2.42. The highest BCUT2D eigenvalue weighted by Crippen LogP contribution is 2.48. The molecule has 3 N–H and O–H groups in total. The number of nitrogens with zero attached hydrogens (tertiary/aromatic N) is 1. The molecular formula is C16H21N3O4. The molecule has 1 aliphatic carbocycles. The van der Waals surface area contributed by atoms with Crippen LogP contribution in [-0.2, 0) is 4.79 Å². The maximum atomic E-state index is 12.4. The highest BCUT2D eigenvalue weighted by Gasteiger charge is 2.55. The molecule has 0 bridgehead atoms. The molecule has 124 valence electrons. The maximum Gasteiger partial charge on any atom is 0.317 e. The molecule has 2 aliphatic rings. The number of likely N-dealkylation sites (tertiary alicyclic amines) is 1. The second kappa shape index (κ2) is 5.72. The predicted molar refractivity (Wildman–Crippen MR) is 83.0 cm³/mol. The highest BCUT2D eigenvalue weighted by atomic mass is 16.4. The number of H-pyrrole nitrogens is 1. The number of rotatable bonds is 3. The first-order valence-corrected chi connectivity index (χ1v) is 7.90. The summed E-state index contributed by atoms with van der Waals surface area (Å²) in [7, 11) is 0. The summed E-state index contributed by atoms with van der Waals surface area (Å²) in [5.74, 6) is -0.751. The van der Waals surface area contributed by atoms with Gasteiger partial charge < -0.3 is 20.3 Å². The number of amides is 2. The van der Waals surface area contributed by atoms with Gasteiger partial charge in [0.25, 0.3) is 0 Å². The lowest BCUT2D eigenvalue weighted by atomic mass is 9.81. The summed E-state index contributed by atoms with van der Waals surface area (Å²) in [5, 5.41) is 12.4. The molecule has 0 radical (unpaired) electrons. The lowest BCUT2D eigenvalue weighted by Gasteiger charge is -2.24. The van der Waals surface area contributed by atoms with Crippen molar-refractivity contribution in [2.75, 3.05) is 13.1 Å². The van der Waals surface area contributed by atoms with Crippen LogP contribution in [0.1, 0.15) is 37.8 Å². The molecule has 1 aromatic heterocycles. The van der Waals surface area contributed by atoms with Gasteiger partial charge in [-0.05, 0) is 37.3 Å². The summed E-state index contributed by atoms with van der Waals surface area (Å²) in [6.45, 7) is 2.55. The van der Waals surface area contributed by atoms with Gasteiger partial charge in [0.1, 0.15) is 0 Å². The number of hydrogen-bond acceptors (Lipinski definition) is 3. The van der Waals surface area contributed by atoms with Crippen molar-refractivity contribution in [1.29, 1.82) is 0 Å². The lowest BCUT2D eigenvalue weighted by molar-refractivity contribution is -0.149. The van der Waals surface area contributed by atoms with E-state index in [4.69, 9.17) is 0 Å². The van der Waals surface area contributed by atoms with Crippen LogP contribution in [0.2, 0.25) is 0 Å². The van der Waals surface area contributed by atoms with Gasteiger partial charge in [-0.1, -0.05) is 6.42 Å². The zero-order chi connectivity index (χ0) is 16.6. The largest absolute Gasteiger partial charge is 0.481 e. The molecule has 23 heavy (non-hydrogen) atoms.